The Balaban J connectivity index is 1.79. The van der Waals surface area contributed by atoms with Crippen LogP contribution in [0.2, 0.25) is 0 Å². The molecule has 0 aromatic heterocycles. The highest BCUT2D eigenvalue weighted by Crippen LogP contribution is 2.37. The van der Waals surface area contributed by atoms with Crippen LogP contribution in [0.5, 0.6) is 0 Å². The molecular formula is C35H44N2O4. The van der Waals surface area contributed by atoms with Crippen molar-refractivity contribution in [3.8, 4) is 0 Å². The minimum atomic E-state index is -0.645. The van der Waals surface area contributed by atoms with Gasteiger partial charge >= 0.3 is 11.9 Å². The fraction of sp³-hybridized carbons (Fsp3) is 0.429. The number of esters is 2. The molecule has 0 saturated carbocycles. The van der Waals surface area contributed by atoms with Gasteiger partial charge in [0.1, 0.15) is 5.60 Å². The Bertz CT molecular complexity index is 1240. The topological polar surface area (TPSA) is 59.1 Å². The normalized spacial score (nSPS) is 20.4. The van der Waals surface area contributed by atoms with Gasteiger partial charge < -0.3 is 9.47 Å². The summed E-state index contributed by atoms with van der Waals surface area (Å²) in [5.74, 6) is -1.33. The Morgan fingerprint density at radius 1 is 0.878 bits per heavy atom. The van der Waals surface area contributed by atoms with Crippen LogP contribution in [-0.2, 0) is 32.2 Å². The fourth-order valence-corrected chi connectivity index (χ4v) is 5.96. The summed E-state index contributed by atoms with van der Waals surface area (Å²) in [4.78, 5) is 31.6. The van der Waals surface area contributed by atoms with Gasteiger partial charge in [0.05, 0.1) is 19.4 Å². The summed E-state index contributed by atoms with van der Waals surface area (Å²) >= 11 is 0. The minimum Gasteiger partial charge on any atom is -0.469 e. The van der Waals surface area contributed by atoms with E-state index in [1.807, 2.05) is 51.1 Å². The van der Waals surface area contributed by atoms with Crippen molar-refractivity contribution in [1.82, 2.24) is 9.80 Å². The second-order valence-corrected chi connectivity index (χ2v) is 12.1. The molecule has 41 heavy (non-hydrogen) atoms. The predicted molar refractivity (Wildman–Crippen MR) is 162 cm³/mol. The average Bonchev–Trinajstić information content (AvgIpc) is 2.96. The zero-order valence-corrected chi connectivity index (χ0v) is 25.0. The van der Waals surface area contributed by atoms with Crippen molar-refractivity contribution in [2.75, 3.05) is 20.2 Å². The van der Waals surface area contributed by atoms with Crippen molar-refractivity contribution in [2.45, 2.75) is 64.9 Å². The number of benzene rings is 3. The van der Waals surface area contributed by atoms with Crippen LogP contribution in [0.3, 0.4) is 0 Å². The molecule has 0 unspecified atom stereocenters. The van der Waals surface area contributed by atoms with Crippen molar-refractivity contribution in [1.29, 1.82) is 0 Å². The highest BCUT2D eigenvalue weighted by Gasteiger charge is 2.47. The third-order valence-corrected chi connectivity index (χ3v) is 7.86. The molecule has 4 rings (SSSR count). The Labute approximate surface area is 245 Å². The average molecular weight is 557 g/mol. The molecular weight excluding hydrogens is 512 g/mol. The van der Waals surface area contributed by atoms with Gasteiger partial charge in [-0.05, 0) is 50.3 Å². The highest BCUT2D eigenvalue weighted by atomic mass is 16.6. The molecule has 1 heterocycles. The van der Waals surface area contributed by atoms with Crippen molar-refractivity contribution < 1.29 is 19.1 Å². The van der Waals surface area contributed by atoms with E-state index in [4.69, 9.17) is 9.47 Å². The second-order valence-electron chi connectivity index (χ2n) is 12.1. The molecule has 0 spiro atoms. The Hall–Kier alpha value is -3.48. The van der Waals surface area contributed by atoms with E-state index in [2.05, 4.69) is 77.4 Å². The lowest BCUT2D eigenvalue weighted by molar-refractivity contribution is -0.170. The van der Waals surface area contributed by atoms with Gasteiger partial charge in [-0.3, -0.25) is 19.4 Å². The Morgan fingerprint density at radius 3 is 2.00 bits per heavy atom. The van der Waals surface area contributed by atoms with E-state index in [1.165, 1.54) is 23.8 Å². The molecule has 6 heteroatoms. The van der Waals surface area contributed by atoms with Gasteiger partial charge in [-0.15, -0.1) is 0 Å². The van der Waals surface area contributed by atoms with E-state index in [0.29, 0.717) is 19.6 Å². The third kappa shape index (κ3) is 8.51. The van der Waals surface area contributed by atoms with E-state index < -0.39 is 11.5 Å². The molecule has 6 nitrogen and oxygen atoms in total. The van der Waals surface area contributed by atoms with E-state index >= 15 is 0 Å². The predicted octanol–water partition coefficient (Wildman–Crippen LogP) is 6.27. The lowest BCUT2D eigenvalue weighted by atomic mass is 9.78. The van der Waals surface area contributed by atoms with Gasteiger partial charge in [0.25, 0.3) is 0 Å². The molecule has 3 aromatic carbocycles. The number of rotatable bonds is 10. The number of hydrogen-bond acceptors (Lipinski definition) is 6. The molecule has 0 radical (unpaired) electrons. The molecule has 4 atom stereocenters. The molecule has 1 aliphatic rings. The number of carbonyl (C=O) groups is 2. The first-order chi connectivity index (χ1) is 19.6. The maximum absolute atomic E-state index is 14.1. The van der Waals surface area contributed by atoms with Crippen molar-refractivity contribution in [3.05, 3.63) is 108 Å². The van der Waals surface area contributed by atoms with E-state index in [0.717, 1.165) is 6.54 Å². The smallest absolute Gasteiger partial charge is 0.311 e. The quantitative estimate of drug-likeness (QED) is 0.274. The lowest BCUT2D eigenvalue weighted by Gasteiger charge is -2.49. The fourth-order valence-electron chi connectivity index (χ4n) is 5.96. The number of likely N-dealkylation sites (tertiary alicyclic amines) is 1. The Morgan fingerprint density at radius 2 is 1.44 bits per heavy atom. The van der Waals surface area contributed by atoms with Gasteiger partial charge in [0.15, 0.2) is 0 Å². The van der Waals surface area contributed by atoms with E-state index in [9.17, 15) is 9.59 Å². The molecule has 1 aliphatic heterocycles. The summed E-state index contributed by atoms with van der Waals surface area (Å²) in [6.45, 7) is 10.6. The van der Waals surface area contributed by atoms with Crippen LogP contribution in [0, 0.1) is 11.8 Å². The van der Waals surface area contributed by atoms with Gasteiger partial charge in [-0.25, -0.2) is 0 Å². The number of piperidine rings is 1. The van der Waals surface area contributed by atoms with Crippen LogP contribution in [-0.4, -0.2) is 53.6 Å². The first-order valence-electron chi connectivity index (χ1n) is 14.5. The van der Waals surface area contributed by atoms with Gasteiger partial charge in [0, 0.05) is 38.3 Å². The molecule has 1 fully saturated rings. The van der Waals surface area contributed by atoms with Gasteiger partial charge in [-0.2, -0.15) is 0 Å². The largest absolute Gasteiger partial charge is 0.469 e. The summed E-state index contributed by atoms with van der Waals surface area (Å²) in [6.07, 6.45) is 0.154. The number of hydrogen-bond donors (Lipinski definition) is 0. The summed E-state index contributed by atoms with van der Waals surface area (Å²) < 4.78 is 11.2. The van der Waals surface area contributed by atoms with Crippen LogP contribution in [0.4, 0.5) is 0 Å². The molecule has 0 bridgehead atoms. The van der Waals surface area contributed by atoms with Gasteiger partial charge in [-0.1, -0.05) is 91.0 Å². The standard InChI is InChI=1S/C35H44N2O4/c1-26(29-19-13-8-14-20-29)37(23-28-17-11-7-12-18-28)31-25-36(22-27-15-9-6-10-16-27)24-30(21-32(38)40-5)33(31)34(39)41-35(2,3)4/h6-20,26,30-31,33H,21-25H2,1-5H3/t26-,30+,31-,33-/m0/s1. The molecule has 0 amide bonds. The van der Waals surface area contributed by atoms with E-state index in [1.54, 1.807) is 0 Å². The van der Waals surface area contributed by atoms with Crippen LogP contribution < -0.4 is 0 Å². The van der Waals surface area contributed by atoms with Crippen molar-refractivity contribution in [3.63, 3.8) is 0 Å². The van der Waals surface area contributed by atoms with Crippen LogP contribution >= 0.6 is 0 Å². The Kier molecular flexibility index (Phi) is 10.4. The van der Waals surface area contributed by atoms with Gasteiger partial charge in [0.2, 0.25) is 0 Å². The second kappa shape index (κ2) is 13.9. The lowest BCUT2D eigenvalue weighted by Crippen LogP contribution is -2.59. The summed E-state index contributed by atoms with van der Waals surface area (Å²) in [5, 5.41) is 0. The maximum Gasteiger partial charge on any atom is 0.311 e. The zero-order valence-electron chi connectivity index (χ0n) is 25.0. The van der Waals surface area contributed by atoms with Crippen molar-refractivity contribution in [2.24, 2.45) is 11.8 Å². The number of methoxy groups -OCH3 is 1. The molecule has 218 valence electrons. The number of nitrogens with zero attached hydrogens (tertiary/aromatic N) is 2. The molecule has 0 aliphatic carbocycles. The number of carbonyl (C=O) groups excluding carboxylic acids is 2. The SMILES string of the molecule is COC(=O)C[C@@H]1CN(Cc2ccccc2)C[C@H](N(Cc2ccccc2)[C@@H](C)c2ccccc2)[C@H]1C(=O)OC(C)(C)C. The van der Waals surface area contributed by atoms with E-state index in [-0.39, 0.29) is 36.4 Å². The minimum absolute atomic E-state index is 0.0156. The zero-order chi connectivity index (χ0) is 29.4. The third-order valence-electron chi connectivity index (χ3n) is 7.86. The summed E-state index contributed by atoms with van der Waals surface area (Å²) in [5.41, 5.74) is 2.90. The first-order valence-corrected chi connectivity index (χ1v) is 14.5. The first kappa shape index (κ1) is 30.5. The van der Waals surface area contributed by atoms with Crippen LogP contribution in [0.25, 0.3) is 0 Å². The molecule has 0 N–H and O–H groups in total. The molecule has 1 saturated heterocycles. The monoisotopic (exact) mass is 556 g/mol. The van der Waals surface area contributed by atoms with Crippen molar-refractivity contribution >= 4 is 11.9 Å². The summed E-state index contributed by atoms with van der Waals surface area (Å²) in [7, 11) is 1.41. The highest BCUT2D eigenvalue weighted by molar-refractivity contribution is 5.76. The van der Waals surface area contributed by atoms with Crippen LogP contribution in [0.1, 0.15) is 56.8 Å². The maximum atomic E-state index is 14.1. The molecule has 3 aromatic rings. The number of ether oxygens (including phenoxy) is 2. The van der Waals surface area contributed by atoms with Crippen LogP contribution in [0.15, 0.2) is 91.0 Å². The summed E-state index contributed by atoms with van der Waals surface area (Å²) in [6, 6.07) is 31.0.